The molecule has 0 spiro atoms. The second-order valence-corrected chi connectivity index (χ2v) is 9.29. The second-order valence-electron chi connectivity index (χ2n) is 9.29. The van der Waals surface area contributed by atoms with Crippen LogP contribution in [0.5, 0.6) is 0 Å². The molecule has 2 amide bonds. The lowest BCUT2D eigenvalue weighted by molar-refractivity contribution is -0.143. The van der Waals surface area contributed by atoms with Crippen LogP contribution in [-0.2, 0) is 4.79 Å². The van der Waals surface area contributed by atoms with Crippen LogP contribution in [0.15, 0.2) is 67.0 Å². The van der Waals surface area contributed by atoms with Crippen molar-refractivity contribution in [3.05, 3.63) is 95.1 Å². The Bertz CT molecular complexity index is 1690. The molecule has 4 aromatic rings. The molecular weight excluding hydrogens is 513 g/mol. The van der Waals surface area contributed by atoms with Gasteiger partial charge >= 0.3 is 5.97 Å². The summed E-state index contributed by atoms with van der Waals surface area (Å²) in [4.78, 5) is 46.7. The first kappa shape index (κ1) is 26.5. The fourth-order valence-electron chi connectivity index (χ4n) is 4.69. The van der Waals surface area contributed by atoms with Gasteiger partial charge in [0.2, 0.25) is 0 Å². The Morgan fingerprint density at radius 3 is 2.58 bits per heavy atom. The molecule has 0 radical (unpaired) electrons. The van der Waals surface area contributed by atoms with Gasteiger partial charge in [-0.25, -0.2) is 20.0 Å². The van der Waals surface area contributed by atoms with E-state index in [-0.39, 0.29) is 11.1 Å². The van der Waals surface area contributed by atoms with E-state index >= 15 is 0 Å². The van der Waals surface area contributed by atoms with Crippen molar-refractivity contribution in [1.82, 2.24) is 20.3 Å². The summed E-state index contributed by atoms with van der Waals surface area (Å²) in [6, 6.07) is 13.5. The van der Waals surface area contributed by atoms with E-state index in [9.17, 15) is 23.9 Å². The highest BCUT2D eigenvalue weighted by molar-refractivity contribution is 6.06. The number of hydrazine groups is 1. The smallest absolute Gasteiger partial charge is 0.326 e. The Kier molecular flexibility index (Phi) is 7.48. The van der Waals surface area contributed by atoms with Gasteiger partial charge in [-0.2, -0.15) is 0 Å². The van der Waals surface area contributed by atoms with Crippen LogP contribution in [0.2, 0.25) is 0 Å². The normalized spacial score (nSPS) is 14.8. The molecule has 1 aliphatic heterocycles. The minimum atomic E-state index is -1.06. The van der Waals surface area contributed by atoms with Gasteiger partial charge in [0.25, 0.3) is 11.8 Å². The lowest BCUT2D eigenvalue weighted by Crippen LogP contribution is -2.48. The summed E-state index contributed by atoms with van der Waals surface area (Å²) >= 11 is 0. The number of likely N-dealkylation sites (tertiary alicyclic amines) is 1. The summed E-state index contributed by atoms with van der Waals surface area (Å²) in [6.07, 6.45) is 4.96. The summed E-state index contributed by atoms with van der Waals surface area (Å²) in [5.74, 6) is 8.35. The number of benzene rings is 2. The van der Waals surface area contributed by atoms with Gasteiger partial charge in [0.15, 0.2) is 0 Å². The zero-order valence-corrected chi connectivity index (χ0v) is 21.2. The molecule has 4 N–H and O–H groups in total. The fourth-order valence-corrected chi connectivity index (χ4v) is 4.69. The van der Waals surface area contributed by atoms with Crippen molar-refractivity contribution in [2.45, 2.75) is 25.3 Å². The summed E-state index contributed by atoms with van der Waals surface area (Å²) in [5, 5.41) is 10.0. The van der Waals surface area contributed by atoms with Crippen molar-refractivity contribution in [3.8, 4) is 23.1 Å². The number of nitrogens with two attached hydrogens (primary N) is 1. The van der Waals surface area contributed by atoms with Crippen molar-refractivity contribution in [1.29, 1.82) is 0 Å². The largest absolute Gasteiger partial charge is 0.480 e. The van der Waals surface area contributed by atoms with E-state index in [1.165, 1.54) is 17.0 Å². The van der Waals surface area contributed by atoms with Crippen molar-refractivity contribution < 1.29 is 23.9 Å². The van der Waals surface area contributed by atoms with E-state index in [0.29, 0.717) is 47.1 Å². The lowest BCUT2D eigenvalue weighted by Gasteiger charge is -2.33. The highest BCUT2D eigenvalue weighted by Crippen LogP contribution is 2.25. The number of carboxylic acid groups (broad SMARTS) is 1. The number of carbonyl (C=O) groups is 3. The number of carboxylic acids is 1. The Labute approximate surface area is 228 Å². The van der Waals surface area contributed by atoms with E-state index in [1.54, 1.807) is 48.8 Å². The van der Waals surface area contributed by atoms with Crippen molar-refractivity contribution in [2.75, 3.05) is 6.54 Å². The zero-order valence-electron chi connectivity index (χ0n) is 21.2. The summed E-state index contributed by atoms with van der Waals surface area (Å²) < 4.78 is 14.8. The number of amides is 2. The van der Waals surface area contributed by atoms with Crippen LogP contribution in [-0.4, -0.2) is 50.3 Å². The molecule has 2 aromatic heterocycles. The number of aliphatic carboxylic acids is 1. The monoisotopic (exact) mass is 537 g/mol. The molecule has 0 aliphatic carbocycles. The number of nitrogens with zero attached hydrogens (tertiary/aromatic N) is 3. The van der Waals surface area contributed by atoms with Gasteiger partial charge in [0, 0.05) is 41.0 Å². The molecule has 200 valence electrons. The Morgan fingerprint density at radius 2 is 1.85 bits per heavy atom. The quantitative estimate of drug-likeness (QED) is 0.157. The van der Waals surface area contributed by atoms with Crippen molar-refractivity contribution in [3.63, 3.8) is 0 Å². The molecule has 9 nitrogen and oxygen atoms in total. The summed E-state index contributed by atoms with van der Waals surface area (Å²) in [6.45, 7) is 0.322. The highest BCUT2D eigenvalue weighted by Gasteiger charge is 2.32. The van der Waals surface area contributed by atoms with Crippen LogP contribution in [0.25, 0.3) is 22.2 Å². The standard InChI is InChI=1S/C30H24FN5O4/c31-24-15-21(29(38)36-14-2-1-3-27(36)30(39)40)11-10-19(24)7-4-18-5-8-20(9-6-18)26-16-22(28(37)35-32)23-17-33-13-12-25(23)34-26/h5-6,8-13,15-17,27H,1-3,14,32H2,(H,35,37)(H,39,40). The van der Waals surface area contributed by atoms with Gasteiger partial charge < -0.3 is 10.0 Å². The molecule has 10 heteroatoms. The number of nitrogen functional groups attached to an aromatic ring is 1. The molecule has 1 saturated heterocycles. The van der Waals surface area contributed by atoms with E-state index in [2.05, 4.69) is 27.2 Å². The first-order chi connectivity index (χ1) is 19.4. The first-order valence-electron chi connectivity index (χ1n) is 12.6. The molecule has 0 saturated carbocycles. The number of fused-ring (bicyclic) bond motifs is 1. The maximum absolute atomic E-state index is 14.8. The van der Waals surface area contributed by atoms with E-state index in [4.69, 9.17) is 5.84 Å². The SMILES string of the molecule is NNC(=O)c1cc(-c2ccc(C#Cc3ccc(C(=O)N4CCCCC4C(=O)O)cc3F)cc2)nc2ccncc12. The maximum Gasteiger partial charge on any atom is 0.326 e. The third kappa shape index (κ3) is 5.36. The van der Waals surface area contributed by atoms with Crippen LogP contribution in [0, 0.1) is 17.7 Å². The molecule has 1 atom stereocenters. The van der Waals surface area contributed by atoms with Crippen LogP contribution >= 0.6 is 0 Å². The molecule has 3 heterocycles. The van der Waals surface area contributed by atoms with Gasteiger partial charge in [0.05, 0.1) is 22.3 Å². The number of carbonyl (C=O) groups excluding carboxylic acids is 2. The molecule has 5 rings (SSSR count). The minimum absolute atomic E-state index is 0.0851. The minimum Gasteiger partial charge on any atom is -0.480 e. The molecule has 0 bridgehead atoms. The van der Waals surface area contributed by atoms with Gasteiger partial charge in [-0.3, -0.25) is 20.0 Å². The third-order valence-electron chi connectivity index (χ3n) is 6.77. The number of piperidine rings is 1. The Morgan fingerprint density at radius 1 is 1.05 bits per heavy atom. The Hall–Kier alpha value is -5.14. The average Bonchev–Trinajstić information content (AvgIpc) is 2.99. The molecule has 1 aliphatic rings. The van der Waals surface area contributed by atoms with Gasteiger partial charge in [-0.05, 0) is 61.7 Å². The molecule has 2 aromatic carbocycles. The molecule has 1 fully saturated rings. The Balaban J connectivity index is 1.36. The summed E-state index contributed by atoms with van der Waals surface area (Å²) in [5.41, 5.74) is 5.18. The van der Waals surface area contributed by atoms with E-state index < -0.39 is 29.6 Å². The number of pyridine rings is 2. The van der Waals surface area contributed by atoms with E-state index in [1.807, 2.05) is 0 Å². The number of hydrogen-bond acceptors (Lipinski definition) is 6. The molecular formula is C30H24FN5O4. The predicted molar refractivity (Wildman–Crippen MR) is 145 cm³/mol. The topological polar surface area (TPSA) is 139 Å². The number of aromatic nitrogens is 2. The number of halogens is 1. The predicted octanol–water partition coefficient (Wildman–Crippen LogP) is 3.52. The average molecular weight is 538 g/mol. The fraction of sp³-hybridized carbons (Fsp3) is 0.167. The number of hydrogen-bond donors (Lipinski definition) is 3. The number of nitrogens with one attached hydrogen (secondary N) is 1. The second kappa shape index (κ2) is 11.3. The maximum atomic E-state index is 14.8. The van der Waals surface area contributed by atoms with Gasteiger partial charge in [-0.15, -0.1) is 0 Å². The first-order valence-corrected chi connectivity index (χ1v) is 12.6. The molecule has 40 heavy (non-hydrogen) atoms. The zero-order chi connectivity index (χ0) is 28.2. The van der Waals surface area contributed by atoms with Gasteiger partial charge in [0.1, 0.15) is 11.9 Å². The summed E-state index contributed by atoms with van der Waals surface area (Å²) in [7, 11) is 0. The lowest BCUT2D eigenvalue weighted by atomic mass is 10.0. The van der Waals surface area contributed by atoms with Crippen LogP contribution in [0.4, 0.5) is 4.39 Å². The van der Waals surface area contributed by atoms with Crippen LogP contribution in [0.3, 0.4) is 0 Å². The molecule has 1 unspecified atom stereocenters. The van der Waals surface area contributed by atoms with Gasteiger partial charge in [-0.1, -0.05) is 24.0 Å². The van der Waals surface area contributed by atoms with Crippen molar-refractivity contribution in [2.24, 2.45) is 5.84 Å². The van der Waals surface area contributed by atoms with Crippen LogP contribution in [0.1, 0.15) is 51.1 Å². The van der Waals surface area contributed by atoms with E-state index in [0.717, 1.165) is 18.1 Å². The third-order valence-corrected chi connectivity index (χ3v) is 6.77. The van der Waals surface area contributed by atoms with Crippen molar-refractivity contribution >= 4 is 28.7 Å². The van der Waals surface area contributed by atoms with Crippen LogP contribution < -0.4 is 11.3 Å². The number of rotatable bonds is 4. The highest BCUT2D eigenvalue weighted by atomic mass is 19.1.